The second-order valence-electron chi connectivity index (χ2n) is 5.38. The maximum atomic E-state index is 11.9. The molecule has 1 fully saturated rings. The minimum atomic E-state index is -3.55. The van der Waals surface area contributed by atoms with E-state index in [4.69, 9.17) is 0 Å². The molecule has 0 aliphatic carbocycles. The van der Waals surface area contributed by atoms with Gasteiger partial charge in [-0.2, -0.15) is 0 Å². The Hall–Kier alpha value is -1.64. The number of amides is 1. The van der Waals surface area contributed by atoms with Crippen LogP contribution in [-0.2, 0) is 14.8 Å². The summed E-state index contributed by atoms with van der Waals surface area (Å²) in [4.78, 5) is 16.2. The number of carbonyl (C=O) groups is 1. The molecule has 7 nitrogen and oxygen atoms in total. The predicted octanol–water partition coefficient (Wildman–Crippen LogP) is 0.0151. The van der Waals surface area contributed by atoms with Crippen molar-refractivity contribution in [1.82, 2.24) is 15.4 Å². The molecule has 126 valence electrons. The van der Waals surface area contributed by atoms with Gasteiger partial charge in [0.05, 0.1) is 4.90 Å². The molecule has 0 unspecified atom stereocenters. The van der Waals surface area contributed by atoms with Crippen molar-refractivity contribution >= 4 is 34.2 Å². The van der Waals surface area contributed by atoms with Crippen LogP contribution in [0.25, 0.3) is 0 Å². The summed E-state index contributed by atoms with van der Waals surface area (Å²) in [6.07, 6.45) is 1.98. The van der Waals surface area contributed by atoms with E-state index in [1.54, 1.807) is 18.2 Å². The first-order valence-electron chi connectivity index (χ1n) is 7.23. The standard InChI is InChI=1S/C14H18N4O3S.ClH/c19-13(17-10-4-3-7-15-8-10)9-16-14-11-5-1-2-6-12(11)22(20,21)18-14;/h1-2,5-6,10,15H,3-4,7-9H2,(H,16,18)(H,17,19);1H/t10-;/m0./s1. The van der Waals surface area contributed by atoms with Crippen molar-refractivity contribution in [1.29, 1.82) is 0 Å². The van der Waals surface area contributed by atoms with Crippen molar-refractivity contribution < 1.29 is 13.2 Å². The van der Waals surface area contributed by atoms with Crippen molar-refractivity contribution in [3.8, 4) is 0 Å². The second kappa shape index (κ2) is 7.29. The van der Waals surface area contributed by atoms with Crippen LogP contribution < -0.4 is 15.4 Å². The first kappa shape index (κ1) is 17.7. The van der Waals surface area contributed by atoms with Gasteiger partial charge in [-0.15, -0.1) is 12.4 Å². The molecule has 0 spiro atoms. The largest absolute Gasteiger partial charge is 0.350 e. The van der Waals surface area contributed by atoms with Gasteiger partial charge < -0.3 is 10.6 Å². The zero-order valence-corrected chi connectivity index (χ0v) is 14.0. The highest BCUT2D eigenvalue weighted by atomic mass is 35.5. The lowest BCUT2D eigenvalue weighted by Crippen LogP contribution is -2.46. The topological polar surface area (TPSA) is 99.7 Å². The minimum Gasteiger partial charge on any atom is -0.350 e. The lowest BCUT2D eigenvalue weighted by Gasteiger charge is -2.23. The Morgan fingerprint density at radius 1 is 1.35 bits per heavy atom. The van der Waals surface area contributed by atoms with Gasteiger partial charge >= 0.3 is 0 Å². The van der Waals surface area contributed by atoms with Gasteiger partial charge in [-0.1, -0.05) is 12.1 Å². The number of benzene rings is 1. The Morgan fingerprint density at radius 3 is 2.87 bits per heavy atom. The van der Waals surface area contributed by atoms with E-state index in [1.807, 2.05) is 0 Å². The highest BCUT2D eigenvalue weighted by Gasteiger charge is 2.30. The normalized spacial score (nSPS) is 23.5. The zero-order chi connectivity index (χ0) is 15.6. The fourth-order valence-corrected chi connectivity index (χ4v) is 3.90. The number of piperidine rings is 1. The molecule has 2 aliphatic heterocycles. The lowest BCUT2D eigenvalue weighted by atomic mass is 10.1. The van der Waals surface area contributed by atoms with Crippen LogP contribution in [0.15, 0.2) is 34.2 Å². The number of sulfonamides is 1. The molecule has 0 radical (unpaired) electrons. The van der Waals surface area contributed by atoms with Crippen LogP contribution >= 0.6 is 12.4 Å². The van der Waals surface area contributed by atoms with Gasteiger partial charge in [0, 0.05) is 18.2 Å². The monoisotopic (exact) mass is 358 g/mol. The van der Waals surface area contributed by atoms with Crippen LogP contribution in [0.4, 0.5) is 0 Å². The van der Waals surface area contributed by atoms with Crippen LogP contribution in [0.3, 0.4) is 0 Å². The van der Waals surface area contributed by atoms with Crippen LogP contribution in [0.1, 0.15) is 18.4 Å². The number of hydrogen-bond donors (Lipinski definition) is 3. The minimum absolute atomic E-state index is 0. The molecule has 1 saturated heterocycles. The summed E-state index contributed by atoms with van der Waals surface area (Å²) in [6.45, 7) is 1.65. The van der Waals surface area contributed by atoms with E-state index < -0.39 is 10.0 Å². The smallest absolute Gasteiger partial charge is 0.263 e. The number of fused-ring (bicyclic) bond motifs is 1. The summed E-state index contributed by atoms with van der Waals surface area (Å²) in [6, 6.07) is 6.71. The SMILES string of the molecule is Cl.O=C(CN=C1NS(=O)(=O)c2ccccc21)N[C@H]1CCCNC1. The molecule has 1 atom stereocenters. The maximum Gasteiger partial charge on any atom is 0.263 e. The molecular weight excluding hydrogens is 340 g/mol. The van der Waals surface area contributed by atoms with Crippen LogP contribution in [-0.4, -0.2) is 45.8 Å². The summed E-state index contributed by atoms with van der Waals surface area (Å²) in [5.74, 6) is 0.0253. The van der Waals surface area contributed by atoms with Gasteiger partial charge in [0.25, 0.3) is 10.0 Å². The molecule has 3 rings (SSSR count). The van der Waals surface area contributed by atoms with Gasteiger partial charge in [0.1, 0.15) is 12.4 Å². The van der Waals surface area contributed by atoms with Crippen molar-refractivity contribution in [2.24, 2.45) is 4.99 Å². The molecule has 1 aromatic rings. The number of carbonyl (C=O) groups excluding carboxylic acids is 1. The number of aliphatic imine (C=N–C) groups is 1. The third-order valence-corrected chi connectivity index (χ3v) is 5.10. The zero-order valence-electron chi connectivity index (χ0n) is 12.4. The molecular formula is C14H19ClN4O3S. The Morgan fingerprint density at radius 2 is 2.13 bits per heavy atom. The van der Waals surface area contributed by atoms with Gasteiger partial charge in [0.2, 0.25) is 5.91 Å². The number of halogens is 1. The number of nitrogens with zero attached hydrogens (tertiary/aromatic N) is 1. The van der Waals surface area contributed by atoms with E-state index in [1.165, 1.54) is 6.07 Å². The number of nitrogens with one attached hydrogen (secondary N) is 3. The van der Waals surface area contributed by atoms with Gasteiger partial charge in [0.15, 0.2) is 0 Å². The summed E-state index contributed by atoms with van der Waals surface area (Å²) >= 11 is 0. The molecule has 0 aromatic heterocycles. The van der Waals surface area contributed by atoms with Gasteiger partial charge in [-0.05, 0) is 31.5 Å². The summed E-state index contributed by atoms with van der Waals surface area (Å²) in [7, 11) is -3.55. The van der Waals surface area contributed by atoms with Gasteiger partial charge in [-0.25, -0.2) is 8.42 Å². The maximum absolute atomic E-state index is 11.9. The van der Waals surface area contributed by atoms with E-state index in [0.717, 1.165) is 25.9 Å². The Kier molecular flexibility index (Phi) is 5.61. The molecule has 2 heterocycles. The summed E-state index contributed by atoms with van der Waals surface area (Å²) in [5.41, 5.74) is 0.509. The van der Waals surface area contributed by atoms with Gasteiger partial charge in [-0.3, -0.25) is 14.5 Å². The van der Waals surface area contributed by atoms with E-state index in [-0.39, 0.29) is 41.6 Å². The summed E-state index contributed by atoms with van der Waals surface area (Å²) < 4.78 is 26.2. The first-order valence-corrected chi connectivity index (χ1v) is 8.71. The molecule has 2 aliphatic rings. The molecule has 9 heteroatoms. The highest BCUT2D eigenvalue weighted by molar-refractivity contribution is 7.90. The molecule has 3 N–H and O–H groups in total. The van der Waals surface area contributed by atoms with E-state index in [2.05, 4.69) is 20.3 Å². The number of hydrogen-bond acceptors (Lipinski definition) is 5. The van der Waals surface area contributed by atoms with Crippen molar-refractivity contribution in [2.75, 3.05) is 19.6 Å². The fraction of sp³-hybridized carbons (Fsp3) is 0.429. The van der Waals surface area contributed by atoms with Crippen LogP contribution in [0.2, 0.25) is 0 Å². The second-order valence-corrected chi connectivity index (χ2v) is 7.03. The van der Waals surface area contributed by atoms with Crippen molar-refractivity contribution in [3.63, 3.8) is 0 Å². The Bertz CT molecular complexity index is 714. The molecule has 23 heavy (non-hydrogen) atoms. The third kappa shape index (κ3) is 4.01. The molecule has 0 saturated carbocycles. The van der Waals surface area contributed by atoms with E-state index >= 15 is 0 Å². The molecule has 1 aromatic carbocycles. The number of amidine groups is 1. The quantitative estimate of drug-likeness (QED) is 0.709. The third-order valence-electron chi connectivity index (χ3n) is 3.71. The predicted molar refractivity (Wildman–Crippen MR) is 89.4 cm³/mol. The highest BCUT2D eigenvalue weighted by Crippen LogP contribution is 2.21. The first-order chi connectivity index (χ1) is 10.6. The fourth-order valence-electron chi connectivity index (χ4n) is 2.65. The van der Waals surface area contributed by atoms with Crippen LogP contribution in [0.5, 0.6) is 0 Å². The van der Waals surface area contributed by atoms with Crippen LogP contribution in [0, 0.1) is 0 Å². The number of rotatable bonds is 3. The lowest BCUT2D eigenvalue weighted by molar-refractivity contribution is -0.120. The Balaban J connectivity index is 0.00000192. The molecule has 0 bridgehead atoms. The summed E-state index contributed by atoms with van der Waals surface area (Å²) in [5, 5.41) is 6.12. The van der Waals surface area contributed by atoms with E-state index in [9.17, 15) is 13.2 Å². The average Bonchev–Trinajstić information content (AvgIpc) is 2.78. The average molecular weight is 359 g/mol. The Labute approximate surface area is 141 Å². The van der Waals surface area contributed by atoms with E-state index in [0.29, 0.717) is 5.56 Å². The molecule has 1 amide bonds. The van der Waals surface area contributed by atoms with Crippen molar-refractivity contribution in [3.05, 3.63) is 29.8 Å². The van der Waals surface area contributed by atoms with Crippen molar-refractivity contribution in [2.45, 2.75) is 23.8 Å².